The number of aliphatic hydroxyl groups excluding tert-OH is 1. The van der Waals surface area contributed by atoms with Crippen LogP contribution in [0.4, 0.5) is 20.6 Å². The van der Waals surface area contributed by atoms with Gasteiger partial charge in [-0.1, -0.05) is 30.5 Å². The Hall–Kier alpha value is -3.38. The minimum absolute atomic E-state index is 0.00432. The number of aromatic nitrogens is 1. The molecule has 1 aromatic heterocycles. The minimum atomic E-state index is -1.50. The molecule has 3 amide bonds. The lowest BCUT2D eigenvalue weighted by molar-refractivity contribution is -0.119. The van der Waals surface area contributed by atoms with Crippen LogP contribution in [-0.2, 0) is 21.3 Å². The number of β-amino-alcohol motifs (C(OH)–C–C–N with tert-alkyl or cyclic N) is 1. The lowest BCUT2D eigenvalue weighted by Gasteiger charge is -2.38. The Kier molecular flexibility index (Phi) is 9.93. The number of hydrogen-bond acceptors (Lipinski definition) is 5. The Labute approximate surface area is 270 Å². The molecule has 1 saturated carbocycles. The summed E-state index contributed by atoms with van der Waals surface area (Å²) < 4.78 is 31.8. The quantitative estimate of drug-likeness (QED) is 0.214. The molecule has 5 rings (SSSR count). The zero-order chi connectivity index (χ0) is 32.4. The smallest absolute Gasteiger partial charge is 0.322 e. The molecule has 45 heavy (non-hydrogen) atoms. The molecule has 12 heteroatoms. The Balaban J connectivity index is 1.45. The van der Waals surface area contributed by atoms with Crippen LogP contribution in [0.15, 0.2) is 67.0 Å². The number of aliphatic hydroxyl groups is 1. The van der Waals surface area contributed by atoms with E-state index in [2.05, 4.69) is 20.3 Å². The van der Waals surface area contributed by atoms with Gasteiger partial charge in [0.05, 0.1) is 33.1 Å². The number of amides is 3. The first-order valence-corrected chi connectivity index (χ1v) is 16.6. The summed E-state index contributed by atoms with van der Waals surface area (Å²) in [6.45, 7) is 5.59. The maximum atomic E-state index is 15.4. The van der Waals surface area contributed by atoms with Gasteiger partial charge < -0.3 is 20.6 Å². The van der Waals surface area contributed by atoms with Gasteiger partial charge in [0, 0.05) is 36.1 Å². The van der Waals surface area contributed by atoms with E-state index in [0.717, 1.165) is 24.8 Å². The van der Waals surface area contributed by atoms with Crippen molar-refractivity contribution in [2.75, 3.05) is 17.2 Å². The summed E-state index contributed by atoms with van der Waals surface area (Å²) in [6, 6.07) is 13.1. The summed E-state index contributed by atoms with van der Waals surface area (Å²) in [6.07, 6.45) is 6.14. The van der Waals surface area contributed by atoms with Crippen molar-refractivity contribution in [3.8, 4) is 0 Å². The number of halogens is 2. The molecule has 240 valence electrons. The fourth-order valence-electron chi connectivity index (χ4n) is 5.52. The van der Waals surface area contributed by atoms with Crippen LogP contribution in [0.2, 0.25) is 5.02 Å². The summed E-state index contributed by atoms with van der Waals surface area (Å²) in [5, 5.41) is 16.3. The molecule has 2 aliphatic rings. The molecule has 0 radical (unpaired) electrons. The van der Waals surface area contributed by atoms with Crippen molar-refractivity contribution in [1.29, 1.82) is 0 Å². The van der Waals surface area contributed by atoms with Gasteiger partial charge in [0.25, 0.3) is 0 Å². The molecule has 2 heterocycles. The summed E-state index contributed by atoms with van der Waals surface area (Å²) in [5.74, 6) is -0.729. The molecule has 9 nitrogen and oxygen atoms in total. The average molecular weight is 656 g/mol. The van der Waals surface area contributed by atoms with Crippen molar-refractivity contribution in [2.24, 2.45) is 5.92 Å². The molecule has 4 N–H and O–H groups in total. The second-order valence-electron chi connectivity index (χ2n) is 12.8. The average Bonchev–Trinajstić information content (AvgIpc) is 3.75. The summed E-state index contributed by atoms with van der Waals surface area (Å²) in [4.78, 5) is 32.1. The zero-order valence-corrected chi connectivity index (χ0v) is 27.1. The number of urea groups is 1. The minimum Gasteiger partial charge on any atom is -0.391 e. The third-order valence-electron chi connectivity index (χ3n) is 8.28. The fourth-order valence-corrected chi connectivity index (χ4v) is 6.60. The lowest BCUT2D eigenvalue weighted by atomic mass is 9.79. The Bertz CT molecular complexity index is 1550. The number of carbonyl (C=O) groups is 2. The fraction of sp³-hybridized carbons (Fsp3) is 0.424. The normalized spacial score (nSPS) is 20.4. The number of nitrogens with one attached hydrogen (secondary N) is 3. The van der Waals surface area contributed by atoms with Crippen LogP contribution < -0.4 is 15.4 Å². The van der Waals surface area contributed by atoms with Crippen LogP contribution >= 0.6 is 11.6 Å². The number of carbonyl (C=O) groups excluding carboxylic acids is 2. The van der Waals surface area contributed by atoms with Crippen LogP contribution in [0.25, 0.3) is 0 Å². The van der Waals surface area contributed by atoms with E-state index in [0.29, 0.717) is 28.6 Å². The van der Waals surface area contributed by atoms with E-state index in [1.807, 2.05) is 32.9 Å². The van der Waals surface area contributed by atoms with Gasteiger partial charge in [0.1, 0.15) is 11.9 Å². The summed E-state index contributed by atoms with van der Waals surface area (Å²) in [5.41, 5.74) is 0.883. The van der Waals surface area contributed by atoms with E-state index < -0.39 is 51.2 Å². The van der Waals surface area contributed by atoms with E-state index >= 15 is 4.39 Å². The van der Waals surface area contributed by atoms with E-state index in [9.17, 15) is 18.9 Å². The number of likely N-dealkylation sites (tertiary alicyclic amines) is 1. The number of anilines is 2. The molecule has 0 spiro atoms. The highest BCUT2D eigenvalue weighted by atomic mass is 35.5. The van der Waals surface area contributed by atoms with Crippen LogP contribution in [0, 0.1) is 11.7 Å². The largest absolute Gasteiger partial charge is 0.391 e. The predicted octanol–water partition coefficient (Wildman–Crippen LogP) is 5.97. The Morgan fingerprint density at radius 2 is 1.73 bits per heavy atom. The molecule has 1 aliphatic heterocycles. The number of rotatable bonds is 10. The molecule has 0 bridgehead atoms. The highest BCUT2D eigenvalue weighted by molar-refractivity contribution is 7.84. The number of hydrogen-bond donors (Lipinski definition) is 4. The highest BCUT2D eigenvalue weighted by Gasteiger charge is 2.42. The second-order valence-corrected chi connectivity index (χ2v) is 15.2. The zero-order valence-electron chi connectivity index (χ0n) is 25.6. The van der Waals surface area contributed by atoms with Crippen molar-refractivity contribution in [2.45, 2.75) is 75.3 Å². The molecule has 4 atom stereocenters. The molecule has 1 saturated heterocycles. The first-order chi connectivity index (χ1) is 21.4. The van der Waals surface area contributed by atoms with Gasteiger partial charge in [0.15, 0.2) is 0 Å². The van der Waals surface area contributed by atoms with Gasteiger partial charge in [-0.15, -0.1) is 0 Å². The van der Waals surface area contributed by atoms with Gasteiger partial charge in [-0.2, -0.15) is 0 Å². The Morgan fingerprint density at radius 3 is 2.38 bits per heavy atom. The molecule has 1 aliphatic carbocycles. The summed E-state index contributed by atoms with van der Waals surface area (Å²) >= 11 is 5.94. The number of nitrogens with zero attached hydrogens (tertiary/aromatic N) is 2. The topological polar surface area (TPSA) is 124 Å². The van der Waals surface area contributed by atoms with Crippen molar-refractivity contribution in [1.82, 2.24) is 14.6 Å². The maximum Gasteiger partial charge on any atom is 0.322 e. The first-order valence-electron chi connectivity index (χ1n) is 15.1. The van der Waals surface area contributed by atoms with Crippen LogP contribution in [-0.4, -0.2) is 54.6 Å². The van der Waals surface area contributed by atoms with E-state index in [4.69, 9.17) is 11.6 Å². The van der Waals surface area contributed by atoms with Gasteiger partial charge in [-0.3, -0.25) is 9.78 Å². The highest BCUT2D eigenvalue weighted by Crippen LogP contribution is 2.42. The Morgan fingerprint density at radius 1 is 1.04 bits per heavy atom. The predicted molar refractivity (Wildman–Crippen MR) is 175 cm³/mol. The van der Waals surface area contributed by atoms with Gasteiger partial charge >= 0.3 is 6.03 Å². The SMILES string of the molecule is CC(C)(C)[S@](=O)NC(CCC1CC1)(c1ccncc1)c1ccc(F)c(NC(=O)[C@H]2C[C@@H](O)CN2C(=O)Nc2ccc(Cl)cc2)c1. The number of benzene rings is 2. The third-order valence-corrected chi connectivity index (χ3v) is 10.2. The van der Waals surface area contributed by atoms with Gasteiger partial charge in [-0.25, -0.2) is 18.1 Å². The van der Waals surface area contributed by atoms with Crippen molar-refractivity contribution in [3.63, 3.8) is 0 Å². The lowest BCUT2D eigenvalue weighted by Crippen LogP contribution is -2.49. The first kappa shape index (κ1) is 33.0. The molecule has 2 fully saturated rings. The molecule has 3 aromatic rings. The van der Waals surface area contributed by atoms with Gasteiger partial charge in [-0.05, 0) is 99.2 Å². The van der Waals surface area contributed by atoms with Crippen molar-refractivity contribution in [3.05, 3.63) is 89.0 Å². The molecular formula is C33H39ClFN5O4S. The molecule has 2 aromatic carbocycles. The third kappa shape index (κ3) is 7.89. The second kappa shape index (κ2) is 13.5. The van der Waals surface area contributed by atoms with Crippen molar-refractivity contribution < 1.29 is 23.3 Å². The standard InChI is InChI=1S/C33H39ClFN5O4S/c1-32(2,3)45(44)39-33(15-12-21-4-5-21,22-13-16-36-17-14-22)23-6-11-27(35)28(18-23)38-30(42)29-19-26(41)20-40(29)31(43)37-25-9-7-24(34)8-10-25/h6-11,13-14,16-18,21,26,29,39,41H,4-5,12,15,19-20H2,1-3H3,(H,37,43)(H,38,42)/t26-,29-,33?,45+/m1/s1. The van der Waals surface area contributed by atoms with Crippen LogP contribution in [0.5, 0.6) is 0 Å². The van der Waals surface area contributed by atoms with E-state index in [-0.39, 0.29) is 18.7 Å². The van der Waals surface area contributed by atoms with Crippen molar-refractivity contribution >= 4 is 45.9 Å². The van der Waals surface area contributed by atoms with E-state index in [1.165, 1.54) is 11.0 Å². The van der Waals surface area contributed by atoms with Crippen LogP contribution in [0.3, 0.4) is 0 Å². The monoisotopic (exact) mass is 655 g/mol. The van der Waals surface area contributed by atoms with E-state index in [1.54, 1.807) is 48.8 Å². The van der Waals surface area contributed by atoms with Gasteiger partial charge in [0.2, 0.25) is 5.91 Å². The number of pyridine rings is 1. The van der Waals surface area contributed by atoms with Crippen LogP contribution in [0.1, 0.15) is 64.0 Å². The molecule has 1 unspecified atom stereocenters. The maximum absolute atomic E-state index is 15.4. The summed E-state index contributed by atoms with van der Waals surface area (Å²) in [7, 11) is -1.50. The molecular weight excluding hydrogens is 617 g/mol.